The van der Waals surface area contributed by atoms with Crippen molar-refractivity contribution in [1.82, 2.24) is 0 Å². The summed E-state index contributed by atoms with van der Waals surface area (Å²) in [6.07, 6.45) is 0.159. The number of ether oxygens (including phenoxy) is 5. The van der Waals surface area contributed by atoms with Crippen molar-refractivity contribution in [3.8, 4) is 23.0 Å². The van der Waals surface area contributed by atoms with Crippen LogP contribution in [0.1, 0.15) is 27.0 Å². The van der Waals surface area contributed by atoms with Crippen LogP contribution in [-0.2, 0) is 43.8 Å². The van der Waals surface area contributed by atoms with Gasteiger partial charge in [0, 0.05) is 5.92 Å². The molecule has 4 atom stereocenters. The Morgan fingerprint density at radius 2 is 1.17 bits per heavy atom. The lowest BCUT2D eigenvalue weighted by Crippen LogP contribution is -2.31. The van der Waals surface area contributed by atoms with Gasteiger partial charge in [0.2, 0.25) is 0 Å². The molecule has 10 nitrogen and oxygen atoms in total. The summed E-state index contributed by atoms with van der Waals surface area (Å²) in [6.45, 7) is 1.53. The Bertz CT molecular complexity index is 1540. The van der Waals surface area contributed by atoms with Crippen LogP contribution in [0.25, 0.3) is 0 Å². The van der Waals surface area contributed by atoms with Gasteiger partial charge in [0.15, 0.2) is 5.75 Å². The van der Waals surface area contributed by atoms with E-state index in [0.717, 1.165) is 28.9 Å². The highest BCUT2D eigenvalue weighted by Gasteiger charge is 2.48. The molecule has 0 spiro atoms. The molecule has 0 radical (unpaired) electrons. The van der Waals surface area contributed by atoms with Crippen LogP contribution in [0, 0.1) is 5.92 Å². The predicted octanol–water partition coefficient (Wildman–Crippen LogP) is 5.91. The summed E-state index contributed by atoms with van der Waals surface area (Å²) >= 11 is 0. The lowest BCUT2D eigenvalue weighted by Gasteiger charge is -2.17. The molecule has 0 unspecified atom stereocenters. The van der Waals surface area contributed by atoms with E-state index in [0.29, 0.717) is 42.6 Å². The highest BCUT2D eigenvalue weighted by atomic mass is 17.2. The van der Waals surface area contributed by atoms with Crippen LogP contribution in [0.2, 0.25) is 0 Å². The van der Waals surface area contributed by atoms with Gasteiger partial charge < -0.3 is 28.6 Å². The molecule has 0 aliphatic carbocycles. The zero-order chi connectivity index (χ0) is 31.7. The second kappa shape index (κ2) is 15.2. The summed E-state index contributed by atoms with van der Waals surface area (Å²) in [5.41, 5.74) is 3.44. The molecule has 2 saturated heterocycles. The van der Waals surface area contributed by atoms with Crippen molar-refractivity contribution in [3.63, 3.8) is 0 Å². The zero-order valence-electron chi connectivity index (χ0n) is 25.7. The maximum absolute atomic E-state index is 12.5. The summed E-state index contributed by atoms with van der Waals surface area (Å²) in [4.78, 5) is 34.5. The monoisotopic (exact) mass is 628 g/mol. The summed E-state index contributed by atoms with van der Waals surface area (Å²) < 4.78 is 28.0. The molecule has 0 bridgehead atoms. The summed E-state index contributed by atoms with van der Waals surface area (Å²) in [6, 6.07) is 29.3. The molecule has 6 rings (SSSR count). The number of carbonyl (C=O) groups excluding carboxylic acids is 1. The van der Waals surface area contributed by atoms with E-state index in [1.165, 1.54) is 0 Å². The molecule has 46 heavy (non-hydrogen) atoms. The molecule has 4 aromatic carbocycles. The topological polar surface area (TPSA) is 100 Å². The minimum atomic E-state index is -0.424. The maximum Gasteiger partial charge on any atom is 0.343 e. The summed E-state index contributed by atoms with van der Waals surface area (Å²) in [7, 11) is 3.21. The number of esters is 1. The second-order valence-corrected chi connectivity index (χ2v) is 11.1. The van der Waals surface area contributed by atoms with Gasteiger partial charge >= 0.3 is 5.97 Å². The number of benzene rings is 4. The first-order chi connectivity index (χ1) is 22.6. The number of fused-ring (bicyclic) bond motifs is 1. The molecule has 2 aliphatic rings. The number of rotatable bonds is 14. The van der Waals surface area contributed by atoms with E-state index in [-0.39, 0.29) is 30.8 Å². The first-order valence-corrected chi connectivity index (χ1v) is 15.1. The van der Waals surface area contributed by atoms with Crippen LogP contribution in [0.3, 0.4) is 0 Å². The Hall–Kier alpha value is -4.45. The van der Waals surface area contributed by atoms with E-state index in [4.69, 9.17) is 43.2 Å². The standard InChI is InChI=1S/C36H36O10/c1-38-29-11-5-25(6-12-29)20-42-45-32-15-7-26(8-16-32)21-43-46-33-23-41-34-28(22-40-35(33)34)19-24-3-13-31(14-4-24)44-36(37)27-9-17-30(39-2)18-10-27/h3-18,28,33-35H,19-23H2,1-2H3/t28-,33+,34-,35-/m1/s1. The molecular weight excluding hydrogens is 592 g/mol. The quantitative estimate of drug-likeness (QED) is 0.0726. The molecular formula is C36H36O10. The van der Waals surface area contributed by atoms with E-state index in [2.05, 4.69) is 0 Å². The van der Waals surface area contributed by atoms with E-state index in [1.807, 2.05) is 60.7 Å². The van der Waals surface area contributed by atoms with Crippen LogP contribution in [0.4, 0.5) is 0 Å². The number of carbonyl (C=O) groups is 1. The highest BCUT2D eigenvalue weighted by Crippen LogP contribution is 2.35. The third-order valence-corrected chi connectivity index (χ3v) is 7.95. The molecule has 2 aliphatic heterocycles. The van der Waals surface area contributed by atoms with Crippen LogP contribution in [0.15, 0.2) is 97.1 Å². The molecule has 0 N–H and O–H groups in total. The largest absolute Gasteiger partial charge is 0.497 e. The Kier molecular flexibility index (Phi) is 10.4. The molecule has 4 aromatic rings. The van der Waals surface area contributed by atoms with E-state index >= 15 is 0 Å². The molecule has 2 heterocycles. The van der Waals surface area contributed by atoms with Gasteiger partial charge in [-0.25, -0.2) is 14.6 Å². The van der Waals surface area contributed by atoms with Crippen molar-refractivity contribution in [2.75, 3.05) is 27.4 Å². The SMILES string of the molecule is COc1ccc(COOc2ccc(COO[C@H]3CO[C@@H]4[C@H](Cc5ccc(OC(=O)c6ccc(OC)cc6)cc5)CO[C@@H]43)cc2)cc1. The van der Waals surface area contributed by atoms with E-state index < -0.39 is 5.97 Å². The maximum atomic E-state index is 12.5. The van der Waals surface area contributed by atoms with Crippen molar-refractivity contribution >= 4 is 5.97 Å². The molecule has 240 valence electrons. The average Bonchev–Trinajstić information content (AvgIpc) is 3.69. The third kappa shape index (κ3) is 8.03. The van der Waals surface area contributed by atoms with Gasteiger partial charge in [0.05, 0.1) is 39.1 Å². The van der Waals surface area contributed by atoms with Crippen LogP contribution >= 0.6 is 0 Å². The van der Waals surface area contributed by atoms with Crippen molar-refractivity contribution in [1.29, 1.82) is 0 Å². The van der Waals surface area contributed by atoms with E-state index in [9.17, 15) is 4.79 Å². The number of methoxy groups -OCH3 is 2. The van der Waals surface area contributed by atoms with Gasteiger partial charge in [-0.15, -0.1) is 0 Å². The zero-order valence-corrected chi connectivity index (χ0v) is 25.7. The average molecular weight is 629 g/mol. The van der Waals surface area contributed by atoms with Gasteiger partial charge in [0.25, 0.3) is 0 Å². The third-order valence-electron chi connectivity index (χ3n) is 7.95. The van der Waals surface area contributed by atoms with Gasteiger partial charge in [-0.1, -0.05) is 36.4 Å². The lowest BCUT2D eigenvalue weighted by atomic mass is 9.94. The fraction of sp³-hybridized carbons (Fsp3) is 0.306. The number of hydrogen-bond donors (Lipinski definition) is 0. The Balaban J connectivity index is 0.903. The Morgan fingerprint density at radius 1 is 0.630 bits per heavy atom. The Labute approximate surface area is 267 Å². The normalized spacial score (nSPS) is 20.2. The van der Waals surface area contributed by atoms with Crippen molar-refractivity contribution in [2.24, 2.45) is 5.92 Å². The fourth-order valence-electron chi connectivity index (χ4n) is 5.41. The van der Waals surface area contributed by atoms with Crippen molar-refractivity contribution < 1.29 is 48.0 Å². The van der Waals surface area contributed by atoms with Gasteiger partial charge in [-0.3, -0.25) is 0 Å². The molecule has 0 saturated carbocycles. The van der Waals surface area contributed by atoms with Crippen molar-refractivity contribution in [2.45, 2.75) is 37.9 Å². The summed E-state index contributed by atoms with van der Waals surface area (Å²) in [5.74, 6) is 2.28. The molecule has 0 aromatic heterocycles. The second-order valence-electron chi connectivity index (χ2n) is 11.1. The minimum Gasteiger partial charge on any atom is -0.497 e. The molecule has 0 amide bonds. The van der Waals surface area contributed by atoms with Crippen LogP contribution in [-0.4, -0.2) is 51.7 Å². The predicted molar refractivity (Wildman–Crippen MR) is 166 cm³/mol. The first kappa shape index (κ1) is 31.5. The minimum absolute atomic E-state index is 0.0875. The van der Waals surface area contributed by atoms with Crippen molar-refractivity contribution in [3.05, 3.63) is 119 Å². The molecule has 10 heteroatoms. The van der Waals surface area contributed by atoms with Crippen LogP contribution in [0.5, 0.6) is 23.0 Å². The highest BCUT2D eigenvalue weighted by molar-refractivity contribution is 5.91. The summed E-state index contributed by atoms with van der Waals surface area (Å²) in [5, 5.41) is 0. The first-order valence-electron chi connectivity index (χ1n) is 15.1. The Morgan fingerprint density at radius 3 is 1.83 bits per heavy atom. The van der Waals surface area contributed by atoms with Gasteiger partial charge in [0.1, 0.15) is 42.7 Å². The van der Waals surface area contributed by atoms with Gasteiger partial charge in [-0.2, -0.15) is 4.89 Å². The van der Waals surface area contributed by atoms with Gasteiger partial charge in [-0.05, 0) is 83.8 Å². The smallest absolute Gasteiger partial charge is 0.343 e. The molecule has 2 fully saturated rings. The van der Waals surface area contributed by atoms with E-state index in [1.54, 1.807) is 50.6 Å². The number of hydrogen-bond acceptors (Lipinski definition) is 10. The lowest BCUT2D eigenvalue weighted by molar-refractivity contribution is -0.341. The van der Waals surface area contributed by atoms with Crippen LogP contribution < -0.4 is 19.1 Å². The fourth-order valence-corrected chi connectivity index (χ4v) is 5.41.